The van der Waals surface area contributed by atoms with Crippen molar-refractivity contribution in [3.05, 3.63) is 23.9 Å². The zero-order valence-corrected chi connectivity index (χ0v) is 14.6. The molecule has 1 aliphatic heterocycles. The van der Waals surface area contributed by atoms with E-state index in [0.717, 1.165) is 30.2 Å². The van der Waals surface area contributed by atoms with Gasteiger partial charge in [-0.2, -0.15) is 0 Å². The minimum Gasteiger partial charge on any atom is -0.363 e. The van der Waals surface area contributed by atoms with Crippen LogP contribution in [0.5, 0.6) is 0 Å². The van der Waals surface area contributed by atoms with Gasteiger partial charge < -0.3 is 15.1 Å². The van der Waals surface area contributed by atoms with Crippen molar-refractivity contribution in [2.75, 3.05) is 39.1 Å². The van der Waals surface area contributed by atoms with E-state index in [-0.39, 0.29) is 0 Å². The predicted molar refractivity (Wildman–Crippen MR) is 95.8 cm³/mol. The Hall–Kier alpha value is -1.78. The first-order valence-corrected chi connectivity index (χ1v) is 8.75. The number of nitrogens with one attached hydrogen (secondary N) is 1. The number of likely N-dealkylation sites (tertiary alicyclic amines) is 1. The fraction of sp³-hybridized carbons (Fsp3) is 0.667. The number of hydrogen-bond acceptors (Lipinski definition) is 3. The Morgan fingerprint density at radius 1 is 1.30 bits per heavy atom. The number of hydrogen-bond donors (Lipinski definition) is 1. The van der Waals surface area contributed by atoms with E-state index < -0.39 is 0 Å². The smallest absolute Gasteiger partial charge is 0.193 e. The molecule has 1 saturated heterocycles. The Balaban J connectivity index is 1.59. The number of anilines is 1. The van der Waals surface area contributed by atoms with Crippen molar-refractivity contribution in [1.29, 1.82) is 0 Å². The van der Waals surface area contributed by atoms with Crippen molar-refractivity contribution in [3.8, 4) is 0 Å². The molecule has 1 N–H and O–H groups in total. The van der Waals surface area contributed by atoms with Gasteiger partial charge in [0.2, 0.25) is 0 Å². The molecule has 2 heterocycles. The molecule has 2 aliphatic rings. The molecule has 0 spiro atoms. The molecule has 2 fully saturated rings. The van der Waals surface area contributed by atoms with Crippen LogP contribution in [0.2, 0.25) is 0 Å². The normalized spacial score (nSPS) is 24.5. The van der Waals surface area contributed by atoms with Crippen LogP contribution >= 0.6 is 0 Å². The molecule has 0 radical (unpaired) electrons. The third-order valence-electron chi connectivity index (χ3n) is 5.21. The van der Waals surface area contributed by atoms with Crippen molar-refractivity contribution in [2.24, 2.45) is 16.8 Å². The second-order valence-corrected chi connectivity index (χ2v) is 7.03. The monoisotopic (exact) mass is 315 g/mol. The maximum atomic E-state index is 4.51. The highest BCUT2D eigenvalue weighted by atomic mass is 15.3. The summed E-state index contributed by atoms with van der Waals surface area (Å²) < 4.78 is 0. The van der Waals surface area contributed by atoms with Crippen LogP contribution in [0.25, 0.3) is 0 Å². The molecule has 126 valence electrons. The first-order chi connectivity index (χ1) is 11.2. The summed E-state index contributed by atoms with van der Waals surface area (Å²) in [6.45, 7) is 3.13. The van der Waals surface area contributed by atoms with E-state index in [4.69, 9.17) is 0 Å². The second-order valence-electron chi connectivity index (χ2n) is 7.03. The molecule has 5 heteroatoms. The molecule has 1 aromatic rings. The number of pyridine rings is 1. The highest BCUT2D eigenvalue weighted by Crippen LogP contribution is 2.35. The van der Waals surface area contributed by atoms with Gasteiger partial charge in [0.15, 0.2) is 5.96 Å². The molecular weight excluding hydrogens is 286 g/mol. The summed E-state index contributed by atoms with van der Waals surface area (Å²) in [5, 5.41) is 3.53. The zero-order valence-electron chi connectivity index (χ0n) is 14.6. The van der Waals surface area contributed by atoms with E-state index in [1.54, 1.807) is 0 Å². The summed E-state index contributed by atoms with van der Waals surface area (Å²) in [5.41, 5.74) is 1.24. The van der Waals surface area contributed by atoms with Gasteiger partial charge in [-0.05, 0) is 42.4 Å². The van der Waals surface area contributed by atoms with Gasteiger partial charge in [0.1, 0.15) is 5.82 Å². The van der Waals surface area contributed by atoms with Crippen molar-refractivity contribution in [1.82, 2.24) is 15.2 Å². The fourth-order valence-corrected chi connectivity index (χ4v) is 3.91. The van der Waals surface area contributed by atoms with Gasteiger partial charge in [0.25, 0.3) is 0 Å². The van der Waals surface area contributed by atoms with Gasteiger partial charge in [-0.15, -0.1) is 0 Å². The molecular formula is C18H29N5. The first-order valence-electron chi connectivity index (χ1n) is 8.75. The van der Waals surface area contributed by atoms with Crippen LogP contribution in [0.15, 0.2) is 23.3 Å². The Labute approximate surface area is 139 Å². The lowest BCUT2D eigenvalue weighted by molar-refractivity contribution is 0.299. The van der Waals surface area contributed by atoms with Gasteiger partial charge in [0.05, 0.1) is 0 Å². The van der Waals surface area contributed by atoms with Crippen molar-refractivity contribution in [3.63, 3.8) is 0 Å². The van der Waals surface area contributed by atoms with E-state index in [9.17, 15) is 0 Å². The van der Waals surface area contributed by atoms with Crippen LogP contribution < -0.4 is 10.2 Å². The van der Waals surface area contributed by atoms with Gasteiger partial charge in [0, 0.05) is 47.0 Å². The molecule has 2 atom stereocenters. The number of nitrogens with zero attached hydrogens (tertiary/aromatic N) is 4. The topological polar surface area (TPSA) is 43.8 Å². The Morgan fingerprint density at radius 2 is 2.00 bits per heavy atom. The fourth-order valence-electron chi connectivity index (χ4n) is 3.91. The molecule has 0 amide bonds. The lowest BCUT2D eigenvalue weighted by Crippen LogP contribution is -2.39. The van der Waals surface area contributed by atoms with Crippen LogP contribution in [0, 0.1) is 11.8 Å². The van der Waals surface area contributed by atoms with E-state index in [0.29, 0.717) is 0 Å². The van der Waals surface area contributed by atoms with Gasteiger partial charge >= 0.3 is 0 Å². The predicted octanol–water partition coefficient (Wildman–Crippen LogP) is 2.34. The minimum atomic E-state index is 0.794. The summed E-state index contributed by atoms with van der Waals surface area (Å²) >= 11 is 0. The van der Waals surface area contributed by atoms with Crippen molar-refractivity contribution < 1.29 is 0 Å². The lowest BCUT2D eigenvalue weighted by atomic mass is 9.82. The molecule has 2 unspecified atom stereocenters. The van der Waals surface area contributed by atoms with Crippen LogP contribution in [0.1, 0.15) is 31.2 Å². The van der Waals surface area contributed by atoms with Crippen LogP contribution in [-0.2, 0) is 6.54 Å². The number of rotatable bonds is 3. The average molecular weight is 315 g/mol. The zero-order chi connectivity index (χ0) is 16.2. The van der Waals surface area contributed by atoms with E-state index in [1.807, 2.05) is 32.2 Å². The summed E-state index contributed by atoms with van der Waals surface area (Å²) in [7, 11) is 5.93. The summed E-state index contributed by atoms with van der Waals surface area (Å²) in [4.78, 5) is 13.4. The first kappa shape index (κ1) is 16.1. The standard InChI is InChI=1S/C18H29N5/c1-19-18(23-12-15-6-4-5-7-16(15)13-23)21-11-14-8-9-20-17(10-14)22(2)3/h8-10,15-16H,4-7,11-13H2,1-3H3,(H,19,21). The Bertz CT molecular complexity index is 540. The Morgan fingerprint density at radius 3 is 2.61 bits per heavy atom. The number of guanidine groups is 1. The number of fused-ring (bicyclic) bond motifs is 1. The third kappa shape index (κ3) is 3.77. The van der Waals surface area contributed by atoms with Gasteiger partial charge in [-0.3, -0.25) is 4.99 Å². The molecule has 3 rings (SSSR count). The lowest BCUT2D eigenvalue weighted by Gasteiger charge is -2.22. The van der Waals surface area contributed by atoms with Crippen LogP contribution in [0.3, 0.4) is 0 Å². The molecule has 1 aliphatic carbocycles. The third-order valence-corrected chi connectivity index (χ3v) is 5.21. The van der Waals surface area contributed by atoms with Crippen molar-refractivity contribution >= 4 is 11.8 Å². The highest BCUT2D eigenvalue weighted by Gasteiger charge is 2.35. The van der Waals surface area contributed by atoms with E-state index in [1.165, 1.54) is 44.3 Å². The van der Waals surface area contributed by atoms with Gasteiger partial charge in [-0.1, -0.05) is 12.8 Å². The minimum absolute atomic E-state index is 0.794. The van der Waals surface area contributed by atoms with Crippen LogP contribution in [0.4, 0.5) is 5.82 Å². The maximum absolute atomic E-state index is 4.51. The van der Waals surface area contributed by atoms with Crippen molar-refractivity contribution in [2.45, 2.75) is 32.2 Å². The largest absolute Gasteiger partial charge is 0.363 e. The second kappa shape index (κ2) is 7.20. The Kier molecular flexibility index (Phi) is 5.03. The summed E-state index contributed by atoms with van der Waals surface area (Å²) in [6.07, 6.45) is 7.49. The molecule has 0 bridgehead atoms. The molecule has 1 aromatic heterocycles. The highest BCUT2D eigenvalue weighted by molar-refractivity contribution is 5.80. The quantitative estimate of drug-likeness (QED) is 0.687. The molecule has 0 aromatic carbocycles. The maximum Gasteiger partial charge on any atom is 0.193 e. The van der Waals surface area contributed by atoms with Crippen LogP contribution in [-0.4, -0.2) is 50.1 Å². The number of aromatic nitrogens is 1. The summed E-state index contributed by atoms with van der Waals surface area (Å²) in [5.74, 6) is 3.79. The SMILES string of the molecule is CN=C(NCc1ccnc(N(C)C)c1)N1CC2CCCCC2C1. The molecule has 1 saturated carbocycles. The molecule has 5 nitrogen and oxygen atoms in total. The van der Waals surface area contributed by atoms with Gasteiger partial charge in [-0.25, -0.2) is 4.98 Å². The van der Waals surface area contributed by atoms with E-state index in [2.05, 4.69) is 32.3 Å². The summed E-state index contributed by atoms with van der Waals surface area (Å²) in [6, 6.07) is 4.20. The average Bonchev–Trinajstić information content (AvgIpc) is 2.99. The van der Waals surface area contributed by atoms with E-state index >= 15 is 0 Å². The number of aliphatic imine (C=N–C) groups is 1. The molecule has 23 heavy (non-hydrogen) atoms.